The van der Waals surface area contributed by atoms with Crippen molar-refractivity contribution in [1.29, 1.82) is 0 Å². The summed E-state index contributed by atoms with van der Waals surface area (Å²) in [4.78, 5) is 0. The molecule has 1 aromatic rings. The first-order valence-electron chi connectivity index (χ1n) is 4.77. The smallest absolute Gasteiger partial charge is 0.264 e. The van der Waals surface area contributed by atoms with Crippen molar-refractivity contribution in [3.63, 3.8) is 0 Å². The van der Waals surface area contributed by atoms with Crippen molar-refractivity contribution in [3.05, 3.63) is 29.8 Å². The van der Waals surface area contributed by atoms with Gasteiger partial charge in [0.2, 0.25) is 0 Å². The molecular formula is C10H15NO3S. The van der Waals surface area contributed by atoms with Crippen molar-refractivity contribution in [2.75, 3.05) is 11.5 Å². The van der Waals surface area contributed by atoms with Gasteiger partial charge in [-0.15, -0.1) is 0 Å². The molecule has 0 aliphatic heterocycles. The van der Waals surface area contributed by atoms with Gasteiger partial charge < -0.3 is 5.73 Å². The third-order valence-corrected chi connectivity index (χ3v) is 2.87. The van der Waals surface area contributed by atoms with Crippen molar-refractivity contribution in [2.24, 2.45) is 0 Å². The Morgan fingerprint density at radius 1 is 1.27 bits per heavy atom. The van der Waals surface area contributed by atoms with Crippen LogP contribution in [0.3, 0.4) is 0 Å². The van der Waals surface area contributed by atoms with Gasteiger partial charge in [0.1, 0.15) is 0 Å². The van der Waals surface area contributed by atoms with Crippen molar-refractivity contribution >= 4 is 15.8 Å². The highest BCUT2D eigenvalue weighted by atomic mass is 32.2. The normalized spacial score (nSPS) is 11.5. The van der Waals surface area contributed by atoms with Crippen LogP contribution in [0.4, 0.5) is 5.69 Å². The summed E-state index contributed by atoms with van der Waals surface area (Å²) < 4.78 is 29.4. The van der Waals surface area contributed by atoms with Crippen molar-refractivity contribution < 1.29 is 13.0 Å². The van der Waals surface area contributed by atoms with Crippen molar-refractivity contribution in [1.82, 2.24) is 0 Å². The number of nitrogens with two attached hydrogens (primary N) is 1. The summed E-state index contributed by atoms with van der Waals surface area (Å²) in [6.45, 7) is 0. The molecule has 0 spiro atoms. The molecule has 5 heteroatoms. The maximum atomic E-state index is 10.4. The maximum absolute atomic E-state index is 10.4. The van der Waals surface area contributed by atoms with Gasteiger partial charge in [0.15, 0.2) is 0 Å². The molecular weight excluding hydrogens is 214 g/mol. The van der Waals surface area contributed by atoms with E-state index in [1.54, 1.807) is 0 Å². The summed E-state index contributed by atoms with van der Waals surface area (Å²) in [7, 11) is -3.81. The Balaban J connectivity index is 2.32. The number of hydrogen-bond donors (Lipinski definition) is 2. The Kier molecular flexibility index (Phi) is 4.11. The first-order valence-corrected chi connectivity index (χ1v) is 6.38. The Hall–Kier alpha value is -1.07. The zero-order chi connectivity index (χ0) is 11.3. The Morgan fingerprint density at radius 3 is 2.60 bits per heavy atom. The number of unbranched alkanes of at least 4 members (excludes halogenated alkanes) is 1. The van der Waals surface area contributed by atoms with Gasteiger partial charge in [-0.2, -0.15) is 8.42 Å². The molecule has 0 amide bonds. The molecule has 15 heavy (non-hydrogen) atoms. The van der Waals surface area contributed by atoms with E-state index in [1.165, 1.54) is 0 Å². The quantitative estimate of drug-likeness (QED) is 0.455. The van der Waals surface area contributed by atoms with Crippen LogP contribution < -0.4 is 5.73 Å². The molecule has 0 radical (unpaired) electrons. The number of anilines is 1. The van der Waals surface area contributed by atoms with E-state index < -0.39 is 10.1 Å². The molecule has 1 aromatic carbocycles. The molecule has 1 rings (SSSR count). The van der Waals surface area contributed by atoms with Crippen LogP contribution in [0.25, 0.3) is 0 Å². The topological polar surface area (TPSA) is 80.4 Å². The lowest BCUT2D eigenvalue weighted by Gasteiger charge is -2.01. The molecule has 0 aliphatic rings. The fourth-order valence-electron chi connectivity index (χ4n) is 1.36. The molecule has 0 saturated heterocycles. The van der Waals surface area contributed by atoms with Crippen LogP contribution >= 0.6 is 0 Å². The van der Waals surface area contributed by atoms with Crippen molar-refractivity contribution in [3.8, 4) is 0 Å². The Morgan fingerprint density at radius 2 is 2.00 bits per heavy atom. The fourth-order valence-corrected chi connectivity index (χ4v) is 1.93. The van der Waals surface area contributed by atoms with Gasteiger partial charge >= 0.3 is 0 Å². The largest absolute Gasteiger partial charge is 0.399 e. The van der Waals surface area contributed by atoms with Crippen LogP contribution in [0.2, 0.25) is 0 Å². The van der Waals surface area contributed by atoms with Crippen LogP contribution in [0.5, 0.6) is 0 Å². The van der Waals surface area contributed by atoms with E-state index in [1.807, 2.05) is 24.3 Å². The van der Waals surface area contributed by atoms with E-state index in [-0.39, 0.29) is 5.75 Å². The molecule has 0 atom stereocenters. The van der Waals surface area contributed by atoms with E-state index in [2.05, 4.69) is 0 Å². The summed E-state index contributed by atoms with van der Waals surface area (Å²) in [5.74, 6) is -0.171. The molecule has 0 unspecified atom stereocenters. The van der Waals surface area contributed by atoms with Gasteiger partial charge in [0, 0.05) is 5.69 Å². The van der Waals surface area contributed by atoms with Gasteiger partial charge in [-0.25, -0.2) is 0 Å². The zero-order valence-corrected chi connectivity index (χ0v) is 9.20. The first kappa shape index (κ1) is 12.0. The summed E-state index contributed by atoms with van der Waals surface area (Å²) in [5, 5.41) is 0. The predicted molar refractivity (Wildman–Crippen MR) is 60.2 cm³/mol. The number of aryl methyl sites for hydroxylation is 1. The Labute approximate surface area is 89.9 Å². The lowest BCUT2D eigenvalue weighted by molar-refractivity contribution is 0.480. The van der Waals surface area contributed by atoms with Crippen LogP contribution in [0.15, 0.2) is 24.3 Å². The van der Waals surface area contributed by atoms with E-state index in [0.29, 0.717) is 12.1 Å². The maximum Gasteiger partial charge on any atom is 0.264 e. The van der Waals surface area contributed by atoms with Gasteiger partial charge in [-0.05, 0) is 37.0 Å². The third-order valence-electron chi connectivity index (χ3n) is 2.07. The molecule has 4 nitrogen and oxygen atoms in total. The van der Waals surface area contributed by atoms with Crippen LogP contribution in [-0.2, 0) is 16.5 Å². The van der Waals surface area contributed by atoms with Crippen molar-refractivity contribution in [2.45, 2.75) is 19.3 Å². The van der Waals surface area contributed by atoms with Crippen LogP contribution in [0.1, 0.15) is 18.4 Å². The highest BCUT2D eigenvalue weighted by molar-refractivity contribution is 7.85. The van der Waals surface area contributed by atoms with Crippen LogP contribution in [-0.4, -0.2) is 18.7 Å². The minimum Gasteiger partial charge on any atom is -0.399 e. The van der Waals surface area contributed by atoms with E-state index in [4.69, 9.17) is 10.3 Å². The second-order valence-electron chi connectivity index (χ2n) is 3.49. The molecule has 0 saturated carbocycles. The lowest BCUT2D eigenvalue weighted by atomic mass is 10.1. The molecule has 3 N–H and O–H groups in total. The summed E-state index contributed by atoms with van der Waals surface area (Å²) in [6.07, 6.45) is 1.97. The third kappa shape index (κ3) is 5.39. The molecule has 0 aromatic heterocycles. The molecule has 0 heterocycles. The van der Waals surface area contributed by atoms with Gasteiger partial charge in [-0.1, -0.05) is 12.1 Å². The van der Waals surface area contributed by atoms with Gasteiger partial charge in [0.25, 0.3) is 10.1 Å². The Bertz CT molecular complexity index is 414. The minimum absolute atomic E-state index is 0.171. The molecule has 0 bridgehead atoms. The SMILES string of the molecule is Nc1cccc(CCCCS(=O)(=O)O)c1. The second-order valence-corrected chi connectivity index (χ2v) is 5.06. The van der Waals surface area contributed by atoms with E-state index in [0.717, 1.165) is 18.4 Å². The summed E-state index contributed by atoms with van der Waals surface area (Å²) in [6, 6.07) is 7.49. The average molecular weight is 229 g/mol. The number of rotatable bonds is 5. The fraction of sp³-hybridized carbons (Fsp3) is 0.400. The zero-order valence-electron chi connectivity index (χ0n) is 8.39. The van der Waals surface area contributed by atoms with Crippen LogP contribution in [0, 0.1) is 0 Å². The minimum atomic E-state index is -3.81. The summed E-state index contributed by atoms with van der Waals surface area (Å²) in [5.41, 5.74) is 7.39. The van der Waals surface area contributed by atoms with E-state index >= 15 is 0 Å². The summed E-state index contributed by atoms with van der Waals surface area (Å²) >= 11 is 0. The monoisotopic (exact) mass is 229 g/mol. The molecule has 84 valence electrons. The predicted octanol–water partition coefficient (Wildman–Crippen LogP) is 1.48. The lowest BCUT2D eigenvalue weighted by Crippen LogP contribution is -2.03. The van der Waals surface area contributed by atoms with E-state index in [9.17, 15) is 8.42 Å². The van der Waals surface area contributed by atoms with Gasteiger partial charge in [-0.3, -0.25) is 4.55 Å². The highest BCUT2D eigenvalue weighted by Gasteiger charge is 2.03. The molecule has 0 aliphatic carbocycles. The van der Waals surface area contributed by atoms with Gasteiger partial charge in [0.05, 0.1) is 5.75 Å². The number of benzene rings is 1. The first-order chi connectivity index (χ1) is 6.97. The number of nitrogen functional groups attached to an aromatic ring is 1. The average Bonchev–Trinajstić information content (AvgIpc) is 2.11. The second kappa shape index (κ2) is 5.14. The molecule has 0 fully saturated rings. The highest BCUT2D eigenvalue weighted by Crippen LogP contribution is 2.10. The standard InChI is InChI=1S/C10H15NO3S/c11-10-6-3-5-9(8-10)4-1-2-7-15(12,13)14/h3,5-6,8H,1-2,4,7,11H2,(H,12,13,14). The number of hydrogen-bond acceptors (Lipinski definition) is 3.